The van der Waals surface area contributed by atoms with Crippen LogP contribution in [-0.2, 0) is 4.74 Å². The zero-order valence-corrected chi connectivity index (χ0v) is 10.7. The minimum absolute atomic E-state index is 0.115. The number of hydrogen-bond acceptors (Lipinski definition) is 4. The SMILES string of the molecule is CN(CC(C)(C)CO)CC1(O)CCOCC1. The minimum atomic E-state index is -0.613. The molecule has 0 aromatic carbocycles. The predicted molar refractivity (Wildman–Crippen MR) is 63.4 cm³/mol. The zero-order valence-electron chi connectivity index (χ0n) is 10.7. The van der Waals surface area contributed by atoms with Crippen LogP contribution < -0.4 is 0 Å². The van der Waals surface area contributed by atoms with Crippen LogP contribution in [0.25, 0.3) is 0 Å². The second kappa shape index (κ2) is 5.45. The number of aliphatic hydroxyl groups is 2. The summed E-state index contributed by atoms with van der Waals surface area (Å²) >= 11 is 0. The van der Waals surface area contributed by atoms with E-state index in [1.165, 1.54) is 0 Å². The van der Waals surface area contributed by atoms with Gasteiger partial charge in [0.15, 0.2) is 0 Å². The smallest absolute Gasteiger partial charge is 0.0817 e. The Labute approximate surface area is 98.2 Å². The average molecular weight is 231 g/mol. The van der Waals surface area contributed by atoms with Crippen LogP contribution >= 0.6 is 0 Å². The Balaban J connectivity index is 2.40. The first kappa shape index (κ1) is 13.9. The van der Waals surface area contributed by atoms with Gasteiger partial charge in [0.1, 0.15) is 0 Å². The molecule has 0 unspecified atom stereocenters. The molecule has 0 spiro atoms. The van der Waals surface area contributed by atoms with Gasteiger partial charge in [-0.25, -0.2) is 0 Å². The second-order valence-corrected chi connectivity index (χ2v) is 5.83. The Bertz CT molecular complexity index is 212. The molecule has 1 saturated heterocycles. The Morgan fingerprint density at radius 2 is 1.88 bits per heavy atom. The molecule has 0 bridgehead atoms. The van der Waals surface area contributed by atoms with Gasteiger partial charge in [-0.15, -0.1) is 0 Å². The van der Waals surface area contributed by atoms with E-state index in [1.54, 1.807) is 0 Å². The number of nitrogens with zero attached hydrogens (tertiary/aromatic N) is 1. The normalized spacial score (nSPS) is 21.4. The highest BCUT2D eigenvalue weighted by atomic mass is 16.5. The lowest BCUT2D eigenvalue weighted by Crippen LogP contribution is -2.48. The van der Waals surface area contributed by atoms with Crippen molar-refractivity contribution in [3.05, 3.63) is 0 Å². The van der Waals surface area contributed by atoms with Crippen molar-refractivity contribution in [2.45, 2.75) is 32.3 Å². The maximum absolute atomic E-state index is 10.3. The fourth-order valence-corrected chi connectivity index (χ4v) is 2.25. The molecule has 1 aliphatic heterocycles. The van der Waals surface area contributed by atoms with Crippen molar-refractivity contribution in [3.8, 4) is 0 Å². The summed E-state index contributed by atoms with van der Waals surface area (Å²) in [4.78, 5) is 2.10. The predicted octanol–water partition coefficient (Wildman–Crippen LogP) is 0.478. The molecule has 1 fully saturated rings. The average Bonchev–Trinajstić information content (AvgIpc) is 2.17. The first-order valence-corrected chi connectivity index (χ1v) is 5.96. The summed E-state index contributed by atoms with van der Waals surface area (Å²) in [6.45, 7) is 6.95. The molecular weight excluding hydrogens is 206 g/mol. The number of hydrogen-bond donors (Lipinski definition) is 2. The number of rotatable bonds is 5. The van der Waals surface area contributed by atoms with E-state index in [2.05, 4.69) is 4.90 Å². The quantitative estimate of drug-likeness (QED) is 0.722. The van der Waals surface area contributed by atoms with Crippen LogP contribution in [0, 0.1) is 5.41 Å². The van der Waals surface area contributed by atoms with Crippen molar-refractivity contribution < 1.29 is 14.9 Å². The molecule has 2 N–H and O–H groups in total. The van der Waals surface area contributed by atoms with Crippen LogP contribution in [-0.4, -0.2) is 60.7 Å². The van der Waals surface area contributed by atoms with Gasteiger partial charge in [0.25, 0.3) is 0 Å². The van der Waals surface area contributed by atoms with Crippen LogP contribution in [0.2, 0.25) is 0 Å². The molecule has 1 aliphatic rings. The lowest BCUT2D eigenvalue weighted by Gasteiger charge is -2.37. The molecule has 96 valence electrons. The van der Waals surface area contributed by atoms with E-state index in [0.29, 0.717) is 32.6 Å². The number of aliphatic hydroxyl groups excluding tert-OH is 1. The van der Waals surface area contributed by atoms with E-state index < -0.39 is 5.60 Å². The van der Waals surface area contributed by atoms with Crippen LogP contribution in [0.5, 0.6) is 0 Å². The largest absolute Gasteiger partial charge is 0.396 e. The van der Waals surface area contributed by atoms with Gasteiger partial charge in [-0.2, -0.15) is 0 Å². The minimum Gasteiger partial charge on any atom is -0.396 e. The molecule has 1 rings (SSSR count). The van der Waals surface area contributed by atoms with E-state index in [9.17, 15) is 10.2 Å². The van der Waals surface area contributed by atoms with Gasteiger partial charge in [0.05, 0.1) is 5.60 Å². The van der Waals surface area contributed by atoms with Crippen molar-refractivity contribution in [1.29, 1.82) is 0 Å². The van der Waals surface area contributed by atoms with Gasteiger partial charge in [-0.1, -0.05) is 13.8 Å². The summed E-state index contributed by atoms with van der Waals surface area (Å²) < 4.78 is 5.25. The second-order valence-electron chi connectivity index (χ2n) is 5.83. The molecule has 0 aromatic rings. The lowest BCUT2D eigenvalue weighted by atomic mass is 9.91. The molecule has 0 amide bonds. The highest BCUT2D eigenvalue weighted by molar-refractivity contribution is 4.85. The Morgan fingerprint density at radius 1 is 1.31 bits per heavy atom. The summed E-state index contributed by atoms with van der Waals surface area (Å²) in [6, 6.07) is 0. The van der Waals surface area contributed by atoms with Crippen LogP contribution in [0.15, 0.2) is 0 Å². The van der Waals surface area contributed by atoms with E-state index in [1.807, 2.05) is 20.9 Å². The molecule has 4 heteroatoms. The topological polar surface area (TPSA) is 52.9 Å². The van der Waals surface area contributed by atoms with E-state index in [-0.39, 0.29) is 12.0 Å². The van der Waals surface area contributed by atoms with Crippen molar-refractivity contribution in [2.24, 2.45) is 5.41 Å². The first-order valence-electron chi connectivity index (χ1n) is 5.96. The third-order valence-corrected chi connectivity index (χ3v) is 3.11. The fourth-order valence-electron chi connectivity index (χ4n) is 2.25. The standard InChI is InChI=1S/C12H25NO3/c1-11(2,10-14)8-13(3)9-12(15)4-6-16-7-5-12/h14-15H,4-10H2,1-3H3. The molecule has 0 saturated carbocycles. The number of ether oxygens (including phenoxy) is 1. The van der Waals surface area contributed by atoms with Gasteiger partial charge in [0, 0.05) is 51.2 Å². The zero-order chi connectivity index (χ0) is 12.2. The third-order valence-electron chi connectivity index (χ3n) is 3.11. The molecule has 1 heterocycles. The van der Waals surface area contributed by atoms with Crippen LogP contribution in [0.3, 0.4) is 0 Å². The van der Waals surface area contributed by atoms with E-state index in [4.69, 9.17) is 4.74 Å². The molecule has 0 aromatic heterocycles. The third kappa shape index (κ3) is 4.37. The van der Waals surface area contributed by atoms with Gasteiger partial charge < -0.3 is 19.8 Å². The van der Waals surface area contributed by atoms with Crippen LogP contribution in [0.1, 0.15) is 26.7 Å². The summed E-state index contributed by atoms with van der Waals surface area (Å²) in [6.07, 6.45) is 1.41. The maximum atomic E-state index is 10.3. The van der Waals surface area contributed by atoms with Crippen molar-refractivity contribution in [2.75, 3.05) is 40.0 Å². The number of likely N-dealkylation sites (N-methyl/N-ethyl adjacent to an activating group) is 1. The van der Waals surface area contributed by atoms with Crippen molar-refractivity contribution in [1.82, 2.24) is 4.90 Å². The molecule has 0 atom stereocenters. The summed E-state index contributed by atoms with van der Waals surface area (Å²) in [5, 5.41) is 19.5. The van der Waals surface area contributed by atoms with Crippen molar-refractivity contribution >= 4 is 0 Å². The molecule has 0 radical (unpaired) electrons. The van der Waals surface area contributed by atoms with E-state index >= 15 is 0 Å². The first-order chi connectivity index (χ1) is 7.37. The highest BCUT2D eigenvalue weighted by Crippen LogP contribution is 2.23. The molecule has 0 aliphatic carbocycles. The molecule has 16 heavy (non-hydrogen) atoms. The monoisotopic (exact) mass is 231 g/mol. The fraction of sp³-hybridized carbons (Fsp3) is 1.00. The van der Waals surface area contributed by atoms with Gasteiger partial charge >= 0.3 is 0 Å². The Morgan fingerprint density at radius 3 is 2.38 bits per heavy atom. The summed E-state index contributed by atoms with van der Waals surface area (Å²) in [5.74, 6) is 0. The van der Waals surface area contributed by atoms with Gasteiger partial charge in [0.2, 0.25) is 0 Å². The highest BCUT2D eigenvalue weighted by Gasteiger charge is 2.32. The van der Waals surface area contributed by atoms with Crippen molar-refractivity contribution in [3.63, 3.8) is 0 Å². The maximum Gasteiger partial charge on any atom is 0.0817 e. The summed E-state index contributed by atoms with van der Waals surface area (Å²) in [7, 11) is 1.99. The van der Waals surface area contributed by atoms with Gasteiger partial charge in [-0.3, -0.25) is 0 Å². The Hall–Kier alpha value is -0.160. The van der Waals surface area contributed by atoms with E-state index in [0.717, 1.165) is 6.54 Å². The van der Waals surface area contributed by atoms with Gasteiger partial charge in [-0.05, 0) is 7.05 Å². The Kier molecular flexibility index (Phi) is 4.73. The summed E-state index contributed by atoms with van der Waals surface area (Å²) in [5.41, 5.74) is -0.727. The lowest BCUT2D eigenvalue weighted by molar-refractivity contribution is -0.0806. The molecule has 4 nitrogen and oxygen atoms in total. The van der Waals surface area contributed by atoms with Crippen LogP contribution in [0.4, 0.5) is 0 Å². The molecular formula is C12H25NO3.